The second-order valence-electron chi connectivity index (χ2n) is 5.56. The smallest absolute Gasteiger partial charge is 0.221 e. The van der Waals surface area contributed by atoms with E-state index in [1.54, 1.807) is 0 Å². The summed E-state index contributed by atoms with van der Waals surface area (Å²) >= 11 is 0. The molecular formula is C21H19NO2. The average molecular weight is 317 g/mol. The van der Waals surface area contributed by atoms with Gasteiger partial charge < -0.3 is 10.1 Å². The van der Waals surface area contributed by atoms with Crippen LogP contribution in [0.4, 0.5) is 5.69 Å². The number of carbonyl (C=O) groups is 1. The molecule has 0 aliphatic heterocycles. The Kier molecular flexibility index (Phi) is 4.92. The van der Waals surface area contributed by atoms with Crippen LogP contribution >= 0.6 is 0 Å². The molecule has 0 fully saturated rings. The molecule has 0 atom stereocenters. The van der Waals surface area contributed by atoms with Gasteiger partial charge in [0.15, 0.2) is 0 Å². The van der Waals surface area contributed by atoms with Gasteiger partial charge >= 0.3 is 0 Å². The van der Waals surface area contributed by atoms with E-state index in [1.165, 1.54) is 6.92 Å². The molecule has 3 aromatic carbocycles. The molecule has 0 saturated carbocycles. The summed E-state index contributed by atoms with van der Waals surface area (Å²) in [5.41, 5.74) is 4.15. The first kappa shape index (κ1) is 15.8. The highest BCUT2D eigenvalue weighted by Gasteiger charge is 2.01. The van der Waals surface area contributed by atoms with Crippen LogP contribution in [0, 0.1) is 0 Å². The van der Waals surface area contributed by atoms with Crippen LogP contribution in [0.15, 0.2) is 78.9 Å². The van der Waals surface area contributed by atoms with Gasteiger partial charge in [0, 0.05) is 12.6 Å². The van der Waals surface area contributed by atoms with Gasteiger partial charge in [-0.15, -0.1) is 0 Å². The molecule has 3 heteroatoms. The third kappa shape index (κ3) is 4.23. The predicted molar refractivity (Wildman–Crippen MR) is 97.0 cm³/mol. The molecule has 1 N–H and O–H groups in total. The molecule has 0 aliphatic carbocycles. The number of anilines is 1. The molecule has 3 aromatic rings. The van der Waals surface area contributed by atoms with Crippen LogP contribution in [0.3, 0.4) is 0 Å². The number of nitrogens with one attached hydrogen (secondary N) is 1. The second kappa shape index (κ2) is 7.47. The zero-order chi connectivity index (χ0) is 16.8. The Bertz CT molecular complexity index is 794. The lowest BCUT2D eigenvalue weighted by molar-refractivity contribution is -0.114. The molecule has 0 bridgehead atoms. The number of carbonyl (C=O) groups excluding carboxylic acids is 1. The van der Waals surface area contributed by atoms with Crippen molar-refractivity contribution in [2.75, 3.05) is 5.32 Å². The van der Waals surface area contributed by atoms with E-state index in [2.05, 4.69) is 5.32 Å². The van der Waals surface area contributed by atoms with E-state index in [0.29, 0.717) is 6.61 Å². The molecule has 0 heterocycles. The maximum atomic E-state index is 11.0. The molecule has 0 spiro atoms. The molecule has 3 nitrogen and oxygen atoms in total. The summed E-state index contributed by atoms with van der Waals surface area (Å²) < 4.78 is 5.80. The van der Waals surface area contributed by atoms with Gasteiger partial charge in [0.05, 0.1) is 0 Å². The van der Waals surface area contributed by atoms with Gasteiger partial charge in [-0.25, -0.2) is 0 Å². The molecule has 0 radical (unpaired) electrons. The van der Waals surface area contributed by atoms with Crippen molar-refractivity contribution in [3.63, 3.8) is 0 Å². The Balaban J connectivity index is 1.64. The monoisotopic (exact) mass is 317 g/mol. The van der Waals surface area contributed by atoms with E-state index >= 15 is 0 Å². The Morgan fingerprint density at radius 2 is 1.42 bits per heavy atom. The van der Waals surface area contributed by atoms with Gasteiger partial charge in [-0.2, -0.15) is 0 Å². The van der Waals surface area contributed by atoms with Crippen molar-refractivity contribution < 1.29 is 9.53 Å². The first-order valence-electron chi connectivity index (χ1n) is 7.85. The Hall–Kier alpha value is -3.07. The molecule has 3 rings (SSSR count). The maximum absolute atomic E-state index is 11.0. The lowest BCUT2D eigenvalue weighted by Gasteiger charge is -2.08. The maximum Gasteiger partial charge on any atom is 0.221 e. The van der Waals surface area contributed by atoms with Gasteiger partial charge in [0.2, 0.25) is 5.91 Å². The predicted octanol–water partition coefficient (Wildman–Crippen LogP) is 4.89. The summed E-state index contributed by atoms with van der Waals surface area (Å²) in [7, 11) is 0. The van der Waals surface area contributed by atoms with Crippen molar-refractivity contribution in [3.8, 4) is 16.9 Å². The SMILES string of the molecule is CC(=O)Nc1ccc(-c2ccc(OCc3ccccc3)cc2)cc1. The summed E-state index contributed by atoms with van der Waals surface area (Å²) in [5, 5.41) is 2.77. The first-order chi connectivity index (χ1) is 11.7. The molecule has 0 unspecified atom stereocenters. The molecule has 24 heavy (non-hydrogen) atoms. The summed E-state index contributed by atoms with van der Waals surface area (Å²) in [6.45, 7) is 2.06. The van der Waals surface area contributed by atoms with E-state index in [-0.39, 0.29) is 5.91 Å². The van der Waals surface area contributed by atoms with Crippen LogP contribution in [0.25, 0.3) is 11.1 Å². The van der Waals surface area contributed by atoms with E-state index in [0.717, 1.165) is 28.1 Å². The summed E-state index contributed by atoms with van der Waals surface area (Å²) in [5.74, 6) is 0.778. The number of hydrogen-bond acceptors (Lipinski definition) is 2. The van der Waals surface area contributed by atoms with Gasteiger partial charge in [-0.1, -0.05) is 54.6 Å². The largest absolute Gasteiger partial charge is 0.489 e. The Morgan fingerprint density at radius 1 is 0.833 bits per heavy atom. The van der Waals surface area contributed by atoms with Crippen LogP contribution in [-0.2, 0) is 11.4 Å². The van der Waals surface area contributed by atoms with Crippen LogP contribution < -0.4 is 10.1 Å². The third-order valence-electron chi connectivity index (χ3n) is 3.64. The van der Waals surface area contributed by atoms with E-state index in [1.807, 2.05) is 78.9 Å². The van der Waals surface area contributed by atoms with Gasteiger partial charge in [-0.05, 0) is 41.0 Å². The highest BCUT2D eigenvalue weighted by Crippen LogP contribution is 2.24. The van der Waals surface area contributed by atoms with Crippen molar-refractivity contribution >= 4 is 11.6 Å². The second-order valence-corrected chi connectivity index (χ2v) is 5.56. The quantitative estimate of drug-likeness (QED) is 0.727. The van der Waals surface area contributed by atoms with Gasteiger partial charge in [-0.3, -0.25) is 4.79 Å². The average Bonchev–Trinajstić information content (AvgIpc) is 2.62. The zero-order valence-corrected chi connectivity index (χ0v) is 13.5. The van der Waals surface area contributed by atoms with E-state index in [9.17, 15) is 4.79 Å². The number of amides is 1. The summed E-state index contributed by atoms with van der Waals surface area (Å²) in [4.78, 5) is 11.0. The third-order valence-corrected chi connectivity index (χ3v) is 3.64. The van der Waals surface area contributed by atoms with Crippen LogP contribution in [0.2, 0.25) is 0 Å². The summed E-state index contributed by atoms with van der Waals surface area (Å²) in [6.07, 6.45) is 0. The molecular weight excluding hydrogens is 298 g/mol. The van der Waals surface area contributed by atoms with Crippen LogP contribution in [-0.4, -0.2) is 5.91 Å². The number of benzene rings is 3. The fourth-order valence-corrected chi connectivity index (χ4v) is 2.43. The topological polar surface area (TPSA) is 38.3 Å². The Morgan fingerprint density at radius 3 is 2.00 bits per heavy atom. The summed E-state index contributed by atoms with van der Waals surface area (Å²) in [6, 6.07) is 25.9. The van der Waals surface area contributed by atoms with Crippen molar-refractivity contribution in [1.29, 1.82) is 0 Å². The standard InChI is InChI=1S/C21H19NO2/c1-16(23)22-20-11-7-18(8-12-20)19-9-13-21(14-10-19)24-15-17-5-3-2-4-6-17/h2-14H,15H2,1H3,(H,22,23). The van der Waals surface area contributed by atoms with Gasteiger partial charge in [0.25, 0.3) is 0 Å². The minimum Gasteiger partial charge on any atom is -0.489 e. The minimum absolute atomic E-state index is 0.0670. The van der Waals surface area contributed by atoms with Crippen molar-refractivity contribution in [3.05, 3.63) is 84.4 Å². The van der Waals surface area contributed by atoms with Crippen molar-refractivity contribution in [2.45, 2.75) is 13.5 Å². The van der Waals surface area contributed by atoms with Crippen LogP contribution in [0.5, 0.6) is 5.75 Å². The number of hydrogen-bond donors (Lipinski definition) is 1. The molecule has 0 saturated heterocycles. The van der Waals surface area contributed by atoms with E-state index < -0.39 is 0 Å². The minimum atomic E-state index is -0.0670. The van der Waals surface area contributed by atoms with Gasteiger partial charge in [0.1, 0.15) is 12.4 Å². The highest BCUT2D eigenvalue weighted by atomic mass is 16.5. The highest BCUT2D eigenvalue weighted by molar-refractivity contribution is 5.89. The fraction of sp³-hybridized carbons (Fsp3) is 0.0952. The fourth-order valence-electron chi connectivity index (χ4n) is 2.43. The molecule has 120 valence electrons. The normalized spacial score (nSPS) is 10.2. The number of ether oxygens (including phenoxy) is 1. The van der Waals surface area contributed by atoms with Crippen molar-refractivity contribution in [2.24, 2.45) is 0 Å². The molecule has 1 amide bonds. The lowest BCUT2D eigenvalue weighted by Crippen LogP contribution is -2.05. The number of rotatable bonds is 5. The Labute approximate surface area is 141 Å². The molecule has 0 aromatic heterocycles. The van der Waals surface area contributed by atoms with Crippen LogP contribution in [0.1, 0.15) is 12.5 Å². The molecule has 0 aliphatic rings. The first-order valence-corrected chi connectivity index (χ1v) is 7.85. The lowest BCUT2D eigenvalue weighted by atomic mass is 10.1. The van der Waals surface area contributed by atoms with E-state index in [4.69, 9.17) is 4.74 Å². The van der Waals surface area contributed by atoms with Crippen molar-refractivity contribution in [1.82, 2.24) is 0 Å². The zero-order valence-electron chi connectivity index (χ0n) is 13.5.